The van der Waals surface area contributed by atoms with E-state index in [1.165, 1.54) is 51.6 Å². The predicted molar refractivity (Wildman–Crippen MR) is 99.6 cm³/mol. The third kappa shape index (κ3) is 5.32. The van der Waals surface area contributed by atoms with Crippen molar-refractivity contribution >= 4 is 5.91 Å². The number of nitrogens with zero attached hydrogens (tertiary/aromatic N) is 2. The Balaban J connectivity index is 1.56. The molecule has 1 aliphatic heterocycles. The Bertz CT molecular complexity index is 549. The number of likely N-dealkylation sites (tertiary alicyclic amines) is 1. The number of hydrogen-bond acceptors (Lipinski definition) is 4. The molecule has 1 aromatic rings. The number of piperidine rings is 1. The van der Waals surface area contributed by atoms with Crippen molar-refractivity contribution in [2.45, 2.75) is 57.5 Å². The summed E-state index contributed by atoms with van der Waals surface area (Å²) in [5, 5.41) is 3.27. The lowest BCUT2D eigenvalue weighted by Crippen LogP contribution is -2.47. The Morgan fingerprint density at radius 1 is 1.16 bits per heavy atom. The highest BCUT2D eigenvalue weighted by molar-refractivity contribution is 5.91. The van der Waals surface area contributed by atoms with Gasteiger partial charge in [-0.2, -0.15) is 0 Å². The molecule has 0 bridgehead atoms. The van der Waals surface area contributed by atoms with Crippen molar-refractivity contribution in [2.24, 2.45) is 5.92 Å². The Morgan fingerprint density at radius 3 is 2.68 bits per heavy atom. The van der Waals surface area contributed by atoms with Crippen molar-refractivity contribution in [1.29, 1.82) is 0 Å². The monoisotopic (exact) mass is 347 g/mol. The number of nitrogens with one attached hydrogen (secondary N) is 1. The van der Waals surface area contributed by atoms with Crippen LogP contribution in [0.1, 0.15) is 61.3 Å². The molecule has 0 aromatic carbocycles. The maximum absolute atomic E-state index is 12.6. The van der Waals surface area contributed by atoms with E-state index in [1.807, 2.05) is 25.1 Å². The van der Waals surface area contributed by atoms with Gasteiger partial charge in [0.25, 0.3) is 5.91 Å². The number of rotatable bonds is 6. The molecular weight excluding hydrogens is 314 g/mol. The molecule has 5 heteroatoms. The minimum absolute atomic E-state index is 0.0550. The molecule has 1 amide bonds. The summed E-state index contributed by atoms with van der Waals surface area (Å²) in [5.41, 5.74) is 0. The first-order chi connectivity index (χ1) is 12.1. The van der Waals surface area contributed by atoms with Crippen molar-refractivity contribution in [3.63, 3.8) is 0 Å². The standard InChI is InChI=1S/C20H33N3O2/c1-22(2)15-17-10-11-19(25-17)20(24)21-18-9-5-4-8-16(18)14-23-12-6-3-7-13-23/h10-11,16,18H,3-9,12-15H2,1-2H3,(H,21,24)/t16-,18?/m0/s1. The highest BCUT2D eigenvalue weighted by Crippen LogP contribution is 2.27. The fourth-order valence-corrected chi connectivity index (χ4v) is 4.23. The van der Waals surface area contributed by atoms with Gasteiger partial charge in [-0.05, 0) is 70.9 Å². The molecule has 0 spiro atoms. The van der Waals surface area contributed by atoms with Crippen molar-refractivity contribution in [3.05, 3.63) is 23.7 Å². The topological polar surface area (TPSA) is 48.7 Å². The summed E-state index contributed by atoms with van der Waals surface area (Å²) in [6, 6.07) is 3.99. The fourth-order valence-electron chi connectivity index (χ4n) is 4.23. The number of furan rings is 1. The molecule has 1 saturated carbocycles. The van der Waals surface area contributed by atoms with Crippen molar-refractivity contribution in [2.75, 3.05) is 33.7 Å². The number of hydrogen-bond donors (Lipinski definition) is 1. The van der Waals surface area contributed by atoms with E-state index in [4.69, 9.17) is 4.42 Å². The zero-order valence-corrected chi connectivity index (χ0v) is 15.8. The van der Waals surface area contributed by atoms with Crippen LogP contribution in [0, 0.1) is 5.92 Å². The molecule has 3 rings (SSSR count). The first-order valence-corrected chi connectivity index (χ1v) is 9.88. The van der Waals surface area contributed by atoms with Crippen LogP contribution >= 0.6 is 0 Å². The summed E-state index contributed by atoms with van der Waals surface area (Å²) < 4.78 is 5.72. The van der Waals surface area contributed by atoms with E-state index in [2.05, 4.69) is 10.2 Å². The normalized spacial score (nSPS) is 25.2. The summed E-state index contributed by atoms with van der Waals surface area (Å²) in [6.45, 7) is 4.30. The average Bonchev–Trinajstić information content (AvgIpc) is 3.05. The largest absolute Gasteiger partial charge is 0.455 e. The SMILES string of the molecule is CN(C)Cc1ccc(C(=O)NC2CCCC[C@H]2CN2CCCCC2)o1. The maximum atomic E-state index is 12.6. The van der Waals surface area contributed by atoms with E-state index >= 15 is 0 Å². The summed E-state index contributed by atoms with van der Waals surface area (Å²) >= 11 is 0. The molecule has 1 unspecified atom stereocenters. The van der Waals surface area contributed by atoms with Gasteiger partial charge in [0.05, 0.1) is 6.54 Å². The van der Waals surface area contributed by atoms with E-state index in [1.54, 1.807) is 6.07 Å². The van der Waals surface area contributed by atoms with Crippen LogP contribution in [-0.4, -0.2) is 55.5 Å². The Kier molecular flexibility index (Phi) is 6.54. The van der Waals surface area contributed by atoms with E-state index < -0.39 is 0 Å². The van der Waals surface area contributed by atoms with E-state index in [0.29, 0.717) is 18.2 Å². The molecule has 1 aromatic heterocycles. The van der Waals surface area contributed by atoms with Crippen LogP contribution in [0.4, 0.5) is 0 Å². The molecule has 1 saturated heterocycles. The highest BCUT2D eigenvalue weighted by atomic mass is 16.4. The number of amides is 1. The van der Waals surface area contributed by atoms with Gasteiger partial charge in [-0.25, -0.2) is 0 Å². The van der Waals surface area contributed by atoms with E-state index in [0.717, 1.165) is 18.7 Å². The molecule has 1 N–H and O–H groups in total. The van der Waals surface area contributed by atoms with Crippen molar-refractivity contribution in [1.82, 2.24) is 15.1 Å². The number of carbonyl (C=O) groups is 1. The van der Waals surface area contributed by atoms with Gasteiger partial charge in [0.2, 0.25) is 0 Å². The lowest BCUT2D eigenvalue weighted by atomic mass is 9.83. The van der Waals surface area contributed by atoms with Gasteiger partial charge < -0.3 is 19.5 Å². The zero-order valence-electron chi connectivity index (χ0n) is 15.8. The van der Waals surface area contributed by atoms with Crippen molar-refractivity contribution in [3.8, 4) is 0 Å². The van der Waals surface area contributed by atoms with Crippen molar-refractivity contribution < 1.29 is 9.21 Å². The molecule has 2 fully saturated rings. The molecule has 1 aliphatic carbocycles. The molecule has 2 aliphatic rings. The van der Waals surface area contributed by atoms with Gasteiger partial charge in [0.15, 0.2) is 5.76 Å². The smallest absolute Gasteiger partial charge is 0.287 e. The molecule has 2 heterocycles. The minimum Gasteiger partial charge on any atom is -0.455 e. The summed E-state index contributed by atoms with van der Waals surface area (Å²) in [5.74, 6) is 1.80. The first kappa shape index (κ1) is 18.5. The Hall–Kier alpha value is -1.33. The average molecular weight is 348 g/mol. The van der Waals surface area contributed by atoms with Crippen LogP contribution < -0.4 is 5.32 Å². The highest BCUT2D eigenvalue weighted by Gasteiger charge is 2.29. The molecule has 5 nitrogen and oxygen atoms in total. The molecule has 140 valence electrons. The van der Waals surface area contributed by atoms with Crippen LogP contribution in [0.15, 0.2) is 16.5 Å². The van der Waals surface area contributed by atoms with Crippen LogP contribution in [0.2, 0.25) is 0 Å². The fraction of sp³-hybridized carbons (Fsp3) is 0.750. The Labute approximate surface area is 151 Å². The maximum Gasteiger partial charge on any atom is 0.287 e. The Morgan fingerprint density at radius 2 is 1.92 bits per heavy atom. The number of carbonyl (C=O) groups excluding carboxylic acids is 1. The van der Waals surface area contributed by atoms with Crippen LogP contribution in [0.25, 0.3) is 0 Å². The summed E-state index contributed by atoms with van der Waals surface area (Å²) in [7, 11) is 3.99. The third-order valence-corrected chi connectivity index (χ3v) is 5.52. The zero-order chi connectivity index (χ0) is 17.6. The minimum atomic E-state index is -0.0550. The van der Waals surface area contributed by atoms with Gasteiger partial charge in [0, 0.05) is 12.6 Å². The van der Waals surface area contributed by atoms with Gasteiger partial charge in [-0.3, -0.25) is 4.79 Å². The summed E-state index contributed by atoms with van der Waals surface area (Å²) in [4.78, 5) is 17.3. The first-order valence-electron chi connectivity index (χ1n) is 9.88. The third-order valence-electron chi connectivity index (χ3n) is 5.52. The molecule has 25 heavy (non-hydrogen) atoms. The molecule has 0 radical (unpaired) electrons. The van der Waals surface area contributed by atoms with Crippen LogP contribution in [0.3, 0.4) is 0 Å². The molecule has 2 atom stereocenters. The summed E-state index contributed by atoms with van der Waals surface area (Å²) in [6.07, 6.45) is 8.84. The lowest BCUT2D eigenvalue weighted by molar-refractivity contribution is 0.0847. The van der Waals surface area contributed by atoms with E-state index in [-0.39, 0.29) is 11.9 Å². The lowest BCUT2D eigenvalue weighted by Gasteiger charge is -2.37. The van der Waals surface area contributed by atoms with Gasteiger partial charge >= 0.3 is 0 Å². The predicted octanol–water partition coefficient (Wildman–Crippen LogP) is 3.12. The van der Waals surface area contributed by atoms with Gasteiger partial charge in [-0.15, -0.1) is 0 Å². The van der Waals surface area contributed by atoms with Crippen LogP contribution in [-0.2, 0) is 6.54 Å². The van der Waals surface area contributed by atoms with Crippen LogP contribution in [0.5, 0.6) is 0 Å². The van der Waals surface area contributed by atoms with E-state index in [9.17, 15) is 4.79 Å². The second-order valence-electron chi connectivity index (χ2n) is 7.99. The van der Waals surface area contributed by atoms with Gasteiger partial charge in [0.1, 0.15) is 5.76 Å². The van der Waals surface area contributed by atoms with Gasteiger partial charge in [-0.1, -0.05) is 19.3 Å². The second-order valence-corrected chi connectivity index (χ2v) is 7.99. The quantitative estimate of drug-likeness (QED) is 0.859. The second kappa shape index (κ2) is 8.86. The molecular formula is C20H33N3O2.